The maximum absolute atomic E-state index is 9.31. The topological polar surface area (TPSA) is 58.5 Å². The Bertz CT molecular complexity index is 622. The largest absolute Gasteiger partial charge is 0.394 e. The van der Waals surface area contributed by atoms with E-state index in [1.807, 2.05) is 18.2 Å². The van der Waals surface area contributed by atoms with Crippen LogP contribution in [0.25, 0.3) is 10.9 Å². The molecule has 0 amide bonds. The molecule has 1 aliphatic rings. The van der Waals surface area contributed by atoms with Gasteiger partial charge in [0.25, 0.3) is 0 Å². The Morgan fingerprint density at radius 3 is 3.10 bits per heavy atom. The number of fused-ring (bicyclic) bond motifs is 1. The summed E-state index contributed by atoms with van der Waals surface area (Å²) in [5.74, 6) is 0.894. The van der Waals surface area contributed by atoms with E-state index in [9.17, 15) is 5.11 Å². The van der Waals surface area contributed by atoms with Gasteiger partial charge in [0.1, 0.15) is 12.1 Å². The number of aliphatic hydroxyl groups is 1. The Kier molecular flexibility index (Phi) is 3.87. The Labute approximate surface area is 125 Å². The normalized spacial score (nSPS) is 23.2. The van der Waals surface area contributed by atoms with Gasteiger partial charge >= 0.3 is 0 Å². The summed E-state index contributed by atoms with van der Waals surface area (Å²) in [6.45, 7) is 3.34. The van der Waals surface area contributed by atoms with E-state index in [1.165, 1.54) is 0 Å². The van der Waals surface area contributed by atoms with E-state index in [4.69, 9.17) is 4.74 Å². The van der Waals surface area contributed by atoms with Gasteiger partial charge in [0.05, 0.1) is 30.9 Å². The van der Waals surface area contributed by atoms with Gasteiger partial charge in [0.2, 0.25) is 0 Å². The lowest BCUT2D eigenvalue weighted by atomic mass is 10.1. The number of ether oxygens (including phenoxy) is 1. The highest BCUT2D eigenvalue weighted by Crippen LogP contribution is 2.29. The molecule has 2 atom stereocenters. The van der Waals surface area contributed by atoms with Crippen molar-refractivity contribution in [2.24, 2.45) is 0 Å². The minimum atomic E-state index is -0.164. The first-order valence-corrected chi connectivity index (χ1v) is 7.37. The standard InChI is InChI=1S/C14H16BrN3O2/c1-9-7-20-11(6-19)5-18(9)14-12-4-10(15)2-3-13(12)16-8-17-14/h2-4,8-9,11,19H,5-7H2,1H3/t9-,11-/m1/s1. The van der Waals surface area contributed by atoms with Crippen LogP contribution in [-0.4, -0.2) is 47.0 Å². The first-order chi connectivity index (χ1) is 9.69. The molecule has 1 saturated heterocycles. The molecule has 2 heterocycles. The van der Waals surface area contributed by atoms with Crippen LogP contribution in [0.4, 0.5) is 5.82 Å². The summed E-state index contributed by atoms with van der Waals surface area (Å²) < 4.78 is 6.58. The number of hydrogen-bond acceptors (Lipinski definition) is 5. The maximum atomic E-state index is 9.31. The fourth-order valence-electron chi connectivity index (χ4n) is 2.47. The Balaban J connectivity index is 2.06. The molecule has 106 valence electrons. The first kappa shape index (κ1) is 13.7. The van der Waals surface area contributed by atoms with Crippen LogP contribution in [-0.2, 0) is 4.74 Å². The second-order valence-electron chi connectivity index (χ2n) is 5.00. The molecule has 1 aliphatic heterocycles. The Morgan fingerprint density at radius 1 is 1.45 bits per heavy atom. The van der Waals surface area contributed by atoms with E-state index in [0.29, 0.717) is 13.2 Å². The molecule has 0 saturated carbocycles. The van der Waals surface area contributed by atoms with Crippen LogP contribution >= 0.6 is 15.9 Å². The zero-order valence-corrected chi connectivity index (χ0v) is 12.7. The number of anilines is 1. The van der Waals surface area contributed by atoms with E-state index in [2.05, 4.69) is 37.7 Å². The summed E-state index contributed by atoms with van der Waals surface area (Å²) in [4.78, 5) is 10.9. The summed E-state index contributed by atoms with van der Waals surface area (Å²) in [6.07, 6.45) is 1.42. The molecule has 1 fully saturated rings. The molecular formula is C14H16BrN3O2. The van der Waals surface area contributed by atoms with Crippen molar-refractivity contribution in [1.82, 2.24) is 9.97 Å². The van der Waals surface area contributed by atoms with Crippen LogP contribution < -0.4 is 4.90 Å². The molecule has 0 unspecified atom stereocenters. The highest BCUT2D eigenvalue weighted by molar-refractivity contribution is 9.10. The van der Waals surface area contributed by atoms with Crippen LogP contribution in [0, 0.1) is 0 Å². The summed E-state index contributed by atoms with van der Waals surface area (Å²) in [6, 6.07) is 6.19. The van der Waals surface area contributed by atoms with Gasteiger partial charge in [0.15, 0.2) is 0 Å². The van der Waals surface area contributed by atoms with Crippen LogP contribution in [0.5, 0.6) is 0 Å². The van der Waals surface area contributed by atoms with E-state index in [-0.39, 0.29) is 18.8 Å². The van der Waals surface area contributed by atoms with E-state index < -0.39 is 0 Å². The Morgan fingerprint density at radius 2 is 2.30 bits per heavy atom. The van der Waals surface area contributed by atoms with Gasteiger partial charge in [-0.15, -0.1) is 0 Å². The second kappa shape index (κ2) is 5.63. The van der Waals surface area contributed by atoms with E-state index in [0.717, 1.165) is 21.2 Å². The third kappa shape index (κ3) is 2.51. The van der Waals surface area contributed by atoms with Crippen molar-refractivity contribution in [3.8, 4) is 0 Å². The SMILES string of the molecule is C[C@@H]1CO[C@@H](CO)CN1c1ncnc2ccc(Br)cc12. The quantitative estimate of drug-likeness (QED) is 0.907. The highest BCUT2D eigenvalue weighted by atomic mass is 79.9. The molecule has 2 aromatic rings. The number of benzene rings is 1. The molecule has 3 rings (SSSR count). The monoisotopic (exact) mass is 337 g/mol. The fraction of sp³-hybridized carbons (Fsp3) is 0.429. The lowest BCUT2D eigenvalue weighted by Crippen LogP contribution is -2.50. The summed E-state index contributed by atoms with van der Waals surface area (Å²) in [5, 5.41) is 10.3. The molecule has 0 spiro atoms. The lowest BCUT2D eigenvalue weighted by molar-refractivity contribution is -0.0104. The highest BCUT2D eigenvalue weighted by Gasteiger charge is 2.27. The zero-order valence-electron chi connectivity index (χ0n) is 11.2. The number of aromatic nitrogens is 2. The summed E-state index contributed by atoms with van der Waals surface area (Å²) >= 11 is 3.49. The van der Waals surface area contributed by atoms with Crippen molar-refractivity contribution in [2.75, 3.05) is 24.7 Å². The van der Waals surface area contributed by atoms with Gasteiger partial charge in [-0.1, -0.05) is 15.9 Å². The molecule has 1 N–H and O–H groups in total. The van der Waals surface area contributed by atoms with E-state index >= 15 is 0 Å². The van der Waals surface area contributed by atoms with Crippen LogP contribution in [0.15, 0.2) is 29.0 Å². The number of aliphatic hydroxyl groups excluding tert-OH is 1. The van der Waals surface area contributed by atoms with Gasteiger partial charge in [-0.3, -0.25) is 0 Å². The van der Waals surface area contributed by atoms with Crippen molar-refractivity contribution in [1.29, 1.82) is 0 Å². The third-order valence-corrected chi connectivity index (χ3v) is 4.05. The number of hydrogen-bond donors (Lipinski definition) is 1. The predicted octanol–water partition coefficient (Wildman–Crippen LogP) is 1.98. The average Bonchev–Trinajstić information content (AvgIpc) is 2.47. The molecule has 1 aromatic carbocycles. The maximum Gasteiger partial charge on any atom is 0.140 e. The number of halogens is 1. The fourth-order valence-corrected chi connectivity index (χ4v) is 2.83. The second-order valence-corrected chi connectivity index (χ2v) is 5.91. The minimum absolute atomic E-state index is 0.0237. The van der Waals surface area contributed by atoms with Gasteiger partial charge < -0.3 is 14.7 Å². The van der Waals surface area contributed by atoms with Crippen molar-refractivity contribution < 1.29 is 9.84 Å². The van der Waals surface area contributed by atoms with Crippen molar-refractivity contribution in [2.45, 2.75) is 19.1 Å². The summed E-state index contributed by atoms with van der Waals surface area (Å²) in [7, 11) is 0. The average molecular weight is 338 g/mol. The molecule has 0 bridgehead atoms. The molecule has 0 radical (unpaired) electrons. The lowest BCUT2D eigenvalue weighted by Gasteiger charge is -2.38. The summed E-state index contributed by atoms with van der Waals surface area (Å²) in [5.41, 5.74) is 0.914. The van der Waals surface area contributed by atoms with Gasteiger partial charge in [-0.2, -0.15) is 0 Å². The minimum Gasteiger partial charge on any atom is -0.394 e. The predicted molar refractivity (Wildman–Crippen MR) is 80.9 cm³/mol. The molecule has 6 heteroatoms. The molecule has 0 aliphatic carbocycles. The van der Waals surface area contributed by atoms with Gasteiger partial charge in [0, 0.05) is 16.4 Å². The number of morpholine rings is 1. The zero-order chi connectivity index (χ0) is 14.1. The number of rotatable bonds is 2. The van der Waals surface area contributed by atoms with E-state index in [1.54, 1.807) is 6.33 Å². The molecule has 1 aromatic heterocycles. The Hall–Kier alpha value is -1.24. The molecule has 5 nitrogen and oxygen atoms in total. The van der Waals surface area contributed by atoms with Gasteiger partial charge in [-0.05, 0) is 25.1 Å². The third-order valence-electron chi connectivity index (χ3n) is 3.56. The van der Waals surface area contributed by atoms with Gasteiger partial charge in [-0.25, -0.2) is 9.97 Å². The van der Waals surface area contributed by atoms with Crippen LogP contribution in [0.1, 0.15) is 6.92 Å². The van der Waals surface area contributed by atoms with Crippen molar-refractivity contribution in [3.63, 3.8) is 0 Å². The van der Waals surface area contributed by atoms with Crippen LogP contribution in [0.2, 0.25) is 0 Å². The molecule has 20 heavy (non-hydrogen) atoms. The van der Waals surface area contributed by atoms with Crippen LogP contribution in [0.3, 0.4) is 0 Å². The first-order valence-electron chi connectivity index (χ1n) is 6.58. The molecular weight excluding hydrogens is 322 g/mol. The smallest absolute Gasteiger partial charge is 0.140 e. The van der Waals surface area contributed by atoms with Crippen molar-refractivity contribution in [3.05, 3.63) is 29.0 Å². The number of nitrogens with zero attached hydrogens (tertiary/aromatic N) is 3. The van der Waals surface area contributed by atoms with Crippen molar-refractivity contribution >= 4 is 32.7 Å².